The van der Waals surface area contributed by atoms with Crippen molar-refractivity contribution in [1.29, 1.82) is 0 Å². The molecular formula is C30H38N10O4S. The molecule has 2 aliphatic rings. The highest BCUT2D eigenvalue weighted by Crippen LogP contribution is 2.33. The molecule has 2 aliphatic carbocycles. The number of hydrogen-bond acceptors (Lipinski definition) is 13. The van der Waals surface area contributed by atoms with E-state index in [0.29, 0.717) is 60.0 Å². The quantitative estimate of drug-likeness (QED) is 0.196. The van der Waals surface area contributed by atoms with Crippen molar-refractivity contribution < 1.29 is 18.3 Å². The number of hydrogen-bond donors (Lipinski definition) is 3. The molecule has 6 rings (SSSR count). The first-order valence-electron chi connectivity index (χ1n) is 15.2. The standard InChI is InChI=1S/C30H38N10O4S/c1-39(2)11-12-44-29-17-32-26(16-34-29)24-15-33-28(13-25(24)36-22-5-3-20(19-41)4-6-22)37-27-9-10-31-30(38-27)21-14-35-40(18-21)45(42,43)23-7-8-23/h9-10,13-18,20,22-23,41H,3-8,11-12,19H2,1-2H3,(H2,31,33,36,37,38). The van der Waals surface area contributed by atoms with E-state index in [9.17, 15) is 13.5 Å². The van der Waals surface area contributed by atoms with E-state index in [-0.39, 0.29) is 17.9 Å². The van der Waals surface area contributed by atoms with Crippen LogP contribution in [0.2, 0.25) is 0 Å². The van der Waals surface area contributed by atoms with Crippen LogP contribution in [-0.4, -0.2) is 97.7 Å². The summed E-state index contributed by atoms with van der Waals surface area (Å²) in [5, 5.41) is 20.2. The lowest BCUT2D eigenvalue weighted by Crippen LogP contribution is -2.27. The first-order valence-corrected chi connectivity index (χ1v) is 16.7. The smallest absolute Gasteiger partial charge is 0.256 e. The normalized spacial score (nSPS) is 18.6. The third-order valence-electron chi connectivity index (χ3n) is 8.00. The molecule has 0 spiro atoms. The molecule has 14 nitrogen and oxygen atoms in total. The highest BCUT2D eigenvalue weighted by molar-refractivity contribution is 7.90. The van der Waals surface area contributed by atoms with E-state index in [1.165, 1.54) is 12.4 Å². The van der Waals surface area contributed by atoms with Gasteiger partial charge in [0.15, 0.2) is 5.82 Å². The van der Waals surface area contributed by atoms with Crippen LogP contribution in [-0.2, 0) is 10.0 Å². The van der Waals surface area contributed by atoms with Crippen molar-refractivity contribution in [3.63, 3.8) is 0 Å². The van der Waals surface area contributed by atoms with Gasteiger partial charge in [-0.25, -0.2) is 33.3 Å². The molecule has 2 saturated carbocycles. The average Bonchev–Trinajstić information content (AvgIpc) is 3.79. The van der Waals surface area contributed by atoms with Crippen molar-refractivity contribution in [1.82, 2.24) is 39.0 Å². The lowest BCUT2D eigenvalue weighted by molar-refractivity contribution is 0.186. The Bertz CT molecular complexity index is 1700. The monoisotopic (exact) mass is 634 g/mol. The van der Waals surface area contributed by atoms with Gasteiger partial charge in [-0.3, -0.25) is 0 Å². The number of ether oxygens (including phenoxy) is 1. The summed E-state index contributed by atoms with van der Waals surface area (Å²) >= 11 is 0. The van der Waals surface area contributed by atoms with Gasteiger partial charge in [-0.15, -0.1) is 0 Å². The largest absolute Gasteiger partial charge is 0.475 e. The summed E-state index contributed by atoms with van der Waals surface area (Å²) < 4.78 is 31.9. The van der Waals surface area contributed by atoms with Crippen LogP contribution in [0.5, 0.6) is 5.88 Å². The highest BCUT2D eigenvalue weighted by Gasteiger charge is 2.37. The van der Waals surface area contributed by atoms with Gasteiger partial charge in [0.25, 0.3) is 10.0 Å². The number of rotatable bonds is 13. The third-order valence-corrected chi connectivity index (χ3v) is 10.0. The number of aromatic nitrogens is 7. The lowest BCUT2D eigenvalue weighted by Gasteiger charge is -2.29. The molecule has 0 saturated heterocycles. The molecule has 4 heterocycles. The van der Waals surface area contributed by atoms with Gasteiger partial charge in [-0.05, 0) is 64.6 Å². The first kappa shape index (κ1) is 30.8. The van der Waals surface area contributed by atoms with Gasteiger partial charge in [0, 0.05) is 48.9 Å². The molecule has 0 atom stereocenters. The Balaban J connectivity index is 1.22. The summed E-state index contributed by atoms with van der Waals surface area (Å²) in [6.07, 6.45) is 14.7. The molecule has 0 bridgehead atoms. The fourth-order valence-electron chi connectivity index (χ4n) is 5.20. The lowest BCUT2D eigenvalue weighted by atomic mass is 9.86. The van der Waals surface area contributed by atoms with E-state index in [1.807, 2.05) is 25.1 Å². The molecule has 0 aromatic carbocycles. The van der Waals surface area contributed by atoms with Gasteiger partial charge in [-0.2, -0.15) is 9.19 Å². The van der Waals surface area contributed by atoms with E-state index in [4.69, 9.17) is 4.74 Å². The Hall–Kier alpha value is -4.21. The maximum Gasteiger partial charge on any atom is 0.256 e. The van der Waals surface area contributed by atoms with Gasteiger partial charge >= 0.3 is 0 Å². The molecule has 0 aliphatic heterocycles. The Labute approximate surface area is 262 Å². The fourth-order valence-corrected chi connectivity index (χ4v) is 6.67. The Morgan fingerprint density at radius 3 is 2.53 bits per heavy atom. The molecule has 0 radical (unpaired) electrons. The second-order valence-electron chi connectivity index (χ2n) is 11.8. The zero-order valence-corrected chi connectivity index (χ0v) is 26.2. The molecule has 4 aromatic heterocycles. The van der Waals surface area contributed by atoms with E-state index >= 15 is 0 Å². The van der Waals surface area contributed by atoms with E-state index in [2.05, 4.69) is 40.7 Å². The van der Waals surface area contributed by atoms with Crippen LogP contribution in [0.1, 0.15) is 38.5 Å². The minimum absolute atomic E-state index is 0.220. The Morgan fingerprint density at radius 2 is 1.82 bits per heavy atom. The van der Waals surface area contributed by atoms with Crippen molar-refractivity contribution in [3.8, 4) is 28.5 Å². The van der Waals surface area contributed by atoms with E-state index in [0.717, 1.165) is 47.6 Å². The van der Waals surface area contributed by atoms with Crippen molar-refractivity contribution in [2.75, 3.05) is 44.5 Å². The Morgan fingerprint density at radius 1 is 1.00 bits per heavy atom. The summed E-state index contributed by atoms with van der Waals surface area (Å²) in [6.45, 7) is 1.50. The number of aliphatic hydroxyl groups excluding tert-OH is 1. The molecule has 0 unspecified atom stereocenters. The number of pyridine rings is 1. The number of aliphatic hydroxyl groups is 1. The van der Waals surface area contributed by atoms with Gasteiger partial charge in [-0.1, -0.05) is 0 Å². The third kappa shape index (κ3) is 7.54. The molecule has 238 valence electrons. The van der Waals surface area contributed by atoms with E-state index < -0.39 is 10.0 Å². The van der Waals surface area contributed by atoms with Gasteiger partial charge in [0.05, 0.1) is 41.3 Å². The number of nitrogens with one attached hydrogen (secondary N) is 2. The van der Waals surface area contributed by atoms with E-state index in [1.54, 1.807) is 30.9 Å². The second kappa shape index (κ2) is 13.4. The minimum Gasteiger partial charge on any atom is -0.475 e. The summed E-state index contributed by atoms with van der Waals surface area (Å²) in [6, 6.07) is 3.87. The van der Waals surface area contributed by atoms with Gasteiger partial charge in [0.1, 0.15) is 18.2 Å². The molecule has 15 heteroatoms. The van der Waals surface area contributed by atoms with Crippen molar-refractivity contribution >= 4 is 27.3 Å². The fraction of sp³-hybridized carbons (Fsp3) is 0.467. The van der Waals surface area contributed by atoms with Crippen molar-refractivity contribution in [2.24, 2.45) is 5.92 Å². The number of likely N-dealkylation sites (N-methyl/N-ethyl adjacent to an activating group) is 1. The van der Waals surface area contributed by atoms with Crippen molar-refractivity contribution in [3.05, 3.63) is 49.3 Å². The molecule has 0 amide bonds. The van der Waals surface area contributed by atoms with Crippen LogP contribution in [0, 0.1) is 5.92 Å². The van der Waals surface area contributed by atoms with Crippen LogP contribution in [0.15, 0.2) is 49.3 Å². The summed E-state index contributed by atoms with van der Waals surface area (Å²) in [4.78, 5) is 24.7. The van der Waals surface area contributed by atoms with Crippen LogP contribution >= 0.6 is 0 Å². The topological polar surface area (TPSA) is 173 Å². The van der Waals surface area contributed by atoms with Crippen molar-refractivity contribution in [2.45, 2.75) is 49.8 Å². The van der Waals surface area contributed by atoms with Crippen LogP contribution in [0.4, 0.5) is 17.3 Å². The highest BCUT2D eigenvalue weighted by atomic mass is 32.2. The van der Waals surface area contributed by atoms with Gasteiger partial charge in [0.2, 0.25) is 5.88 Å². The maximum absolute atomic E-state index is 12.6. The van der Waals surface area contributed by atoms with Crippen LogP contribution in [0.25, 0.3) is 22.6 Å². The SMILES string of the molecule is CN(C)CCOc1cnc(-c2cnc(Nc3ccnc(-c4cnn(S(=O)(=O)C5CC5)c4)n3)cc2NC2CCC(CO)CC2)cn1. The number of nitrogens with zero attached hydrogens (tertiary/aromatic N) is 8. The maximum atomic E-state index is 12.6. The summed E-state index contributed by atoms with van der Waals surface area (Å²) in [7, 11) is 0.484. The average molecular weight is 635 g/mol. The van der Waals surface area contributed by atoms with Crippen LogP contribution < -0.4 is 15.4 Å². The zero-order chi connectivity index (χ0) is 31.4. The number of anilines is 3. The Kier molecular flexibility index (Phi) is 9.19. The second-order valence-corrected chi connectivity index (χ2v) is 13.9. The van der Waals surface area contributed by atoms with Crippen LogP contribution in [0.3, 0.4) is 0 Å². The summed E-state index contributed by atoms with van der Waals surface area (Å²) in [5.41, 5.74) is 2.80. The van der Waals surface area contributed by atoms with Gasteiger partial charge < -0.3 is 25.4 Å². The molecule has 2 fully saturated rings. The molecule has 4 aromatic rings. The first-order chi connectivity index (χ1) is 21.8. The zero-order valence-electron chi connectivity index (χ0n) is 25.4. The minimum atomic E-state index is -3.48. The predicted molar refractivity (Wildman–Crippen MR) is 170 cm³/mol. The molecular weight excluding hydrogens is 596 g/mol. The molecule has 45 heavy (non-hydrogen) atoms. The molecule has 3 N–H and O–H groups in total. The summed E-state index contributed by atoms with van der Waals surface area (Å²) in [5.74, 6) is 2.19. The predicted octanol–water partition coefficient (Wildman–Crippen LogP) is 3.18.